The van der Waals surface area contributed by atoms with Crippen molar-refractivity contribution < 1.29 is 14.7 Å². The lowest BCUT2D eigenvalue weighted by molar-refractivity contribution is -0.151. The molecule has 2 aromatic rings. The zero-order valence-electron chi connectivity index (χ0n) is 10.3. The lowest BCUT2D eigenvalue weighted by Crippen LogP contribution is -2.44. The number of tetrazole rings is 1. The van der Waals surface area contributed by atoms with Gasteiger partial charge in [-0.25, -0.2) is 9.48 Å². The van der Waals surface area contributed by atoms with E-state index in [4.69, 9.17) is 0 Å². The van der Waals surface area contributed by atoms with Crippen molar-refractivity contribution in [2.75, 3.05) is 6.54 Å². The van der Waals surface area contributed by atoms with Gasteiger partial charge in [-0.3, -0.25) is 4.79 Å². The van der Waals surface area contributed by atoms with Crippen molar-refractivity contribution in [3.05, 3.63) is 28.2 Å². The van der Waals surface area contributed by atoms with Gasteiger partial charge < -0.3 is 10.0 Å². The first-order chi connectivity index (χ1) is 9.66. The number of carboxylic acid groups (broad SMARTS) is 1. The Kier molecular flexibility index (Phi) is 3.18. The summed E-state index contributed by atoms with van der Waals surface area (Å²) in [6.45, 7) is 0.335. The van der Waals surface area contributed by atoms with Crippen molar-refractivity contribution in [1.82, 2.24) is 25.1 Å². The van der Waals surface area contributed by atoms with Crippen molar-refractivity contribution >= 4 is 23.2 Å². The van der Waals surface area contributed by atoms with Crippen molar-refractivity contribution in [3.8, 4) is 0 Å². The van der Waals surface area contributed by atoms with Crippen LogP contribution in [-0.4, -0.2) is 48.6 Å². The standard InChI is InChI=1S/C11H11N5O3S/c17-9(5-15-6-12-13-14-15)16-3-1-8-7(2-4-20-8)10(16)11(18)19/h2,4,6,10H,1,3,5H2,(H,18,19). The summed E-state index contributed by atoms with van der Waals surface area (Å²) in [5.74, 6) is -1.32. The summed E-state index contributed by atoms with van der Waals surface area (Å²) in [6, 6.07) is 0.851. The summed E-state index contributed by atoms with van der Waals surface area (Å²) < 4.78 is 1.28. The van der Waals surface area contributed by atoms with Crippen LogP contribution in [0, 0.1) is 0 Å². The molecule has 9 heteroatoms. The molecule has 0 aliphatic carbocycles. The Bertz CT molecular complexity index is 638. The molecule has 8 nitrogen and oxygen atoms in total. The first kappa shape index (κ1) is 12.7. The summed E-state index contributed by atoms with van der Waals surface area (Å²) in [5.41, 5.74) is 0.707. The van der Waals surface area contributed by atoms with Crippen molar-refractivity contribution in [3.63, 3.8) is 0 Å². The molecule has 1 atom stereocenters. The molecule has 0 radical (unpaired) electrons. The van der Waals surface area contributed by atoms with E-state index in [0.29, 0.717) is 18.5 Å². The normalized spacial score (nSPS) is 17.8. The number of aromatic nitrogens is 4. The third kappa shape index (κ3) is 2.16. The highest BCUT2D eigenvalue weighted by Gasteiger charge is 2.36. The molecule has 0 fully saturated rings. The summed E-state index contributed by atoms with van der Waals surface area (Å²) in [7, 11) is 0. The lowest BCUT2D eigenvalue weighted by Gasteiger charge is -2.33. The highest BCUT2D eigenvalue weighted by atomic mass is 32.1. The second-order valence-electron chi connectivity index (χ2n) is 4.38. The van der Waals surface area contributed by atoms with Gasteiger partial charge in [0.15, 0.2) is 6.04 Å². The van der Waals surface area contributed by atoms with Gasteiger partial charge in [-0.05, 0) is 33.9 Å². The molecule has 104 valence electrons. The summed E-state index contributed by atoms with van der Waals surface area (Å²) >= 11 is 1.53. The number of rotatable bonds is 3. The molecule has 1 aliphatic heterocycles. The predicted molar refractivity (Wildman–Crippen MR) is 67.9 cm³/mol. The number of carboxylic acids is 1. The van der Waals surface area contributed by atoms with Crippen LogP contribution in [0.5, 0.6) is 0 Å². The fourth-order valence-electron chi connectivity index (χ4n) is 2.33. The summed E-state index contributed by atoms with van der Waals surface area (Å²) in [5, 5.41) is 21.8. The van der Waals surface area contributed by atoms with Gasteiger partial charge in [0.1, 0.15) is 12.9 Å². The Labute approximate surface area is 117 Å². The second kappa shape index (κ2) is 5.00. The number of carbonyl (C=O) groups excluding carboxylic acids is 1. The third-order valence-corrected chi connectivity index (χ3v) is 4.21. The Balaban J connectivity index is 1.85. The molecule has 0 aromatic carbocycles. The van der Waals surface area contributed by atoms with Crippen LogP contribution in [0.3, 0.4) is 0 Å². The quantitative estimate of drug-likeness (QED) is 0.851. The van der Waals surface area contributed by atoms with Crippen molar-refractivity contribution in [1.29, 1.82) is 0 Å². The molecule has 1 unspecified atom stereocenters. The van der Waals surface area contributed by atoms with E-state index in [-0.39, 0.29) is 12.5 Å². The number of thiophene rings is 1. The predicted octanol–water partition coefficient (Wildman–Crippen LogP) is -0.0548. The van der Waals surface area contributed by atoms with Gasteiger partial charge in [0, 0.05) is 11.4 Å². The lowest BCUT2D eigenvalue weighted by atomic mass is 10.00. The highest BCUT2D eigenvalue weighted by molar-refractivity contribution is 7.10. The molecule has 0 spiro atoms. The minimum absolute atomic E-state index is 0.0593. The van der Waals surface area contributed by atoms with E-state index >= 15 is 0 Å². The molecule has 3 rings (SSSR count). The van der Waals surface area contributed by atoms with Crippen LogP contribution < -0.4 is 0 Å². The Morgan fingerprint density at radius 2 is 2.35 bits per heavy atom. The van der Waals surface area contributed by atoms with Crippen molar-refractivity contribution in [2.24, 2.45) is 0 Å². The summed E-state index contributed by atoms with van der Waals surface area (Å²) in [6.07, 6.45) is 2.01. The van der Waals surface area contributed by atoms with E-state index in [2.05, 4.69) is 15.5 Å². The van der Waals surface area contributed by atoms with E-state index < -0.39 is 12.0 Å². The molecular formula is C11H11N5O3S. The molecule has 1 N–H and O–H groups in total. The van der Waals surface area contributed by atoms with E-state index in [1.807, 2.05) is 5.38 Å². The topological polar surface area (TPSA) is 101 Å². The van der Waals surface area contributed by atoms with Gasteiger partial charge in [0.05, 0.1) is 0 Å². The number of aliphatic carboxylic acids is 1. The fourth-order valence-corrected chi connectivity index (χ4v) is 3.24. The number of hydrogen-bond acceptors (Lipinski definition) is 6. The zero-order chi connectivity index (χ0) is 14.1. The third-order valence-electron chi connectivity index (χ3n) is 3.21. The molecule has 0 bridgehead atoms. The molecule has 0 saturated heterocycles. The van der Waals surface area contributed by atoms with Crippen LogP contribution in [-0.2, 0) is 22.6 Å². The van der Waals surface area contributed by atoms with Crippen LogP contribution >= 0.6 is 11.3 Å². The van der Waals surface area contributed by atoms with Gasteiger partial charge in [-0.2, -0.15) is 0 Å². The van der Waals surface area contributed by atoms with E-state index in [1.165, 1.54) is 27.2 Å². The van der Waals surface area contributed by atoms with E-state index in [1.54, 1.807) is 6.07 Å². The number of fused-ring (bicyclic) bond motifs is 1. The minimum atomic E-state index is -1.02. The SMILES string of the molecule is O=C(O)C1c2ccsc2CCN1C(=O)Cn1cnnn1. The summed E-state index contributed by atoms with van der Waals surface area (Å²) in [4.78, 5) is 26.2. The van der Waals surface area contributed by atoms with Crippen LogP contribution in [0.2, 0.25) is 0 Å². The molecule has 2 aromatic heterocycles. The molecular weight excluding hydrogens is 282 g/mol. The maximum absolute atomic E-state index is 12.3. The van der Waals surface area contributed by atoms with Gasteiger partial charge >= 0.3 is 5.97 Å². The average Bonchev–Trinajstić information content (AvgIpc) is 3.06. The average molecular weight is 293 g/mol. The Morgan fingerprint density at radius 3 is 3.05 bits per heavy atom. The van der Waals surface area contributed by atoms with Crippen molar-refractivity contribution in [2.45, 2.75) is 19.0 Å². The van der Waals surface area contributed by atoms with E-state index in [9.17, 15) is 14.7 Å². The maximum Gasteiger partial charge on any atom is 0.331 e. The van der Waals surface area contributed by atoms with Crippen LogP contribution in [0.15, 0.2) is 17.8 Å². The highest BCUT2D eigenvalue weighted by Crippen LogP contribution is 2.33. The molecule has 3 heterocycles. The van der Waals surface area contributed by atoms with Crippen LogP contribution in [0.1, 0.15) is 16.5 Å². The molecule has 0 saturated carbocycles. The van der Waals surface area contributed by atoms with Gasteiger partial charge in [0.25, 0.3) is 0 Å². The fraction of sp³-hybridized carbons (Fsp3) is 0.364. The van der Waals surface area contributed by atoms with Gasteiger partial charge in [0.2, 0.25) is 5.91 Å². The molecule has 1 amide bonds. The second-order valence-corrected chi connectivity index (χ2v) is 5.39. The smallest absolute Gasteiger partial charge is 0.331 e. The Morgan fingerprint density at radius 1 is 1.50 bits per heavy atom. The van der Waals surface area contributed by atoms with Crippen LogP contribution in [0.25, 0.3) is 0 Å². The van der Waals surface area contributed by atoms with E-state index in [0.717, 1.165) is 4.88 Å². The van der Waals surface area contributed by atoms with Gasteiger partial charge in [-0.1, -0.05) is 0 Å². The van der Waals surface area contributed by atoms with Gasteiger partial charge in [-0.15, -0.1) is 16.4 Å². The minimum Gasteiger partial charge on any atom is -0.479 e. The largest absolute Gasteiger partial charge is 0.479 e. The molecule has 20 heavy (non-hydrogen) atoms. The number of nitrogens with zero attached hydrogens (tertiary/aromatic N) is 5. The Hall–Kier alpha value is -2.29. The number of hydrogen-bond donors (Lipinski definition) is 1. The number of amides is 1. The first-order valence-corrected chi connectivity index (χ1v) is 6.84. The monoisotopic (exact) mass is 293 g/mol. The number of carbonyl (C=O) groups is 2. The zero-order valence-corrected chi connectivity index (χ0v) is 11.2. The first-order valence-electron chi connectivity index (χ1n) is 5.96. The maximum atomic E-state index is 12.3. The molecule has 1 aliphatic rings. The van der Waals surface area contributed by atoms with Crippen LogP contribution in [0.4, 0.5) is 0 Å².